The summed E-state index contributed by atoms with van der Waals surface area (Å²) in [6, 6.07) is 7.68. The van der Waals surface area contributed by atoms with Gasteiger partial charge in [0.1, 0.15) is 16.8 Å². The van der Waals surface area contributed by atoms with Crippen LogP contribution in [-0.2, 0) is 4.74 Å². The highest BCUT2D eigenvalue weighted by molar-refractivity contribution is 7.13. The lowest BCUT2D eigenvalue weighted by Gasteiger charge is -2.16. The van der Waals surface area contributed by atoms with Crippen molar-refractivity contribution in [3.8, 4) is 22.9 Å². The molecular weight excluding hydrogens is 374 g/mol. The fourth-order valence-corrected chi connectivity index (χ4v) is 3.12. The maximum atomic E-state index is 9.38. The molecule has 3 aromatic rings. The van der Waals surface area contributed by atoms with Crippen molar-refractivity contribution in [2.75, 3.05) is 19.0 Å². The quantitative estimate of drug-likeness (QED) is 0.536. The summed E-state index contributed by atoms with van der Waals surface area (Å²) in [7, 11) is 1.68. The first-order valence-corrected chi connectivity index (χ1v) is 9.75. The molecule has 0 spiro atoms. The van der Waals surface area contributed by atoms with E-state index in [2.05, 4.69) is 26.3 Å². The maximum Gasteiger partial charge on any atom is 0.227 e. The van der Waals surface area contributed by atoms with Crippen molar-refractivity contribution < 1.29 is 9.47 Å². The zero-order valence-electron chi connectivity index (χ0n) is 15.8. The number of rotatable bonds is 9. The summed E-state index contributed by atoms with van der Waals surface area (Å²) in [6.45, 7) is 2.69. The molecule has 2 aromatic heterocycles. The highest BCUT2D eigenvalue weighted by atomic mass is 32.1. The Balaban J connectivity index is 1.74. The van der Waals surface area contributed by atoms with Crippen LogP contribution < -0.4 is 10.1 Å². The van der Waals surface area contributed by atoms with Gasteiger partial charge in [-0.3, -0.25) is 4.98 Å². The van der Waals surface area contributed by atoms with Crippen molar-refractivity contribution in [1.29, 1.82) is 5.26 Å². The average Bonchev–Trinajstić information content (AvgIpc) is 3.22. The first kappa shape index (κ1) is 19.7. The molecule has 0 amide bonds. The Morgan fingerprint density at radius 2 is 2.04 bits per heavy atom. The second kappa shape index (κ2) is 9.78. The van der Waals surface area contributed by atoms with E-state index in [1.165, 1.54) is 11.3 Å². The molecule has 0 radical (unpaired) electrons. The lowest BCUT2D eigenvalue weighted by atomic mass is 10.1. The van der Waals surface area contributed by atoms with Crippen LogP contribution in [0.1, 0.15) is 25.3 Å². The number of aromatic nitrogens is 3. The van der Waals surface area contributed by atoms with Crippen LogP contribution in [0.3, 0.4) is 0 Å². The Kier molecular flexibility index (Phi) is 6.89. The zero-order valence-corrected chi connectivity index (χ0v) is 16.6. The zero-order chi connectivity index (χ0) is 19.8. The smallest absolute Gasteiger partial charge is 0.227 e. The lowest BCUT2D eigenvalue weighted by Crippen LogP contribution is -2.13. The van der Waals surface area contributed by atoms with Crippen LogP contribution in [0.2, 0.25) is 0 Å². The molecule has 144 valence electrons. The molecule has 0 aliphatic heterocycles. The molecule has 1 atom stereocenters. The molecule has 1 aromatic carbocycles. The van der Waals surface area contributed by atoms with Crippen molar-refractivity contribution in [3.05, 3.63) is 47.9 Å². The summed E-state index contributed by atoms with van der Waals surface area (Å²) in [6.07, 6.45) is 6.94. The molecule has 0 unspecified atom stereocenters. The Morgan fingerprint density at radius 3 is 2.71 bits per heavy atom. The monoisotopic (exact) mass is 395 g/mol. The number of nitrogens with one attached hydrogen (secondary N) is 1. The largest absolute Gasteiger partial charge is 0.489 e. The minimum atomic E-state index is -0.0141. The number of thiazole rings is 1. The molecular formula is C20H21N5O2S. The predicted octanol–water partition coefficient (Wildman–Crippen LogP) is 4.41. The number of hydrogen-bond acceptors (Lipinski definition) is 8. The third kappa shape index (κ3) is 5.25. The third-order valence-corrected chi connectivity index (χ3v) is 4.73. The summed E-state index contributed by atoms with van der Waals surface area (Å²) < 4.78 is 11.1. The van der Waals surface area contributed by atoms with Crippen molar-refractivity contribution in [1.82, 2.24) is 15.0 Å². The molecule has 2 heterocycles. The van der Waals surface area contributed by atoms with E-state index in [4.69, 9.17) is 9.47 Å². The van der Waals surface area contributed by atoms with E-state index in [0.717, 1.165) is 29.0 Å². The van der Waals surface area contributed by atoms with Crippen molar-refractivity contribution in [2.24, 2.45) is 0 Å². The van der Waals surface area contributed by atoms with Gasteiger partial charge in [-0.05, 0) is 37.5 Å². The molecule has 0 saturated heterocycles. The highest BCUT2D eigenvalue weighted by Crippen LogP contribution is 2.28. The topological polar surface area (TPSA) is 92.9 Å². The van der Waals surface area contributed by atoms with Gasteiger partial charge >= 0.3 is 0 Å². The van der Waals surface area contributed by atoms with Crippen molar-refractivity contribution >= 4 is 22.3 Å². The molecule has 7 nitrogen and oxygen atoms in total. The number of benzene rings is 1. The molecule has 0 aliphatic carbocycles. The van der Waals surface area contributed by atoms with Gasteiger partial charge in [-0.15, -0.1) is 11.3 Å². The number of ether oxygens (including phenoxy) is 2. The standard InChI is InChI=1S/C20H21N5O2S/c1-14(4-3-7-26-2)27-18-8-15(5-6-16(18)9-21)17-10-23-20(24-11-17)25-19-12-22-13-28-19/h5-6,8,10-14H,3-4,7H2,1-2H3,(H,23,24,25)/t14-/m0/s1. The Hall–Kier alpha value is -3.02. The second-order valence-electron chi connectivity index (χ2n) is 6.17. The second-order valence-corrected chi connectivity index (χ2v) is 7.06. The van der Waals surface area contributed by atoms with Gasteiger partial charge in [0.15, 0.2) is 0 Å². The van der Waals surface area contributed by atoms with Gasteiger partial charge in [0.25, 0.3) is 0 Å². The van der Waals surface area contributed by atoms with Gasteiger partial charge in [0, 0.05) is 31.7 Å². The molecule has 0 fully saturated rings. The molecule has 28 heavy (non-hydrogen) atoms. The first-order chi connectivity index (χ1) is 13.7. The van der Waals surface area contributed by atoms with E-state index in [1.54, 1.807) is 37.3 Å². The maximum absolute atomic E-state index is 9.38. The summed E-state index contributed by atoms with van der Waals surface area (Å²) in [5.74, 6) is 1.07. The van der Waals surface area contributed by atoms with E-state index in [9.17, 15) is 5.26 Å². The van der Waals surface area contributed by atoms with Gasteiger partial charge in [0.2, 0.25) is 5.95 Å². The predicted molar refractivity (Wildman–Crippen MR) is 109 cm³/mol. The van der Waals surface area contributed by atoms with Gasteiger partial charge < -0.3 is 14.8 Å². The fraction of sp³-hybridized carbons (Fsp3) is 0.300. The first-order valence-electron chi connectivity index (χ1n) is 8.87. The van der Waals surface area contributed by atoms with E-state index >= 15 is 0 Å². The molecule has 0 aliphatic rings. The average molecular weight is 395 g/mol. The van der Waals surface area contributed by atoms with E-state index < -0.39 is 0 Å². The van der Waals surface area contributed by atoms with Crippen LogP contribution in [0, 0.1) is 11.3 Å². The van der Waals surface area contributed by atoms with Gasteiger partial charge in [-0.25, -0.2) is 9.97 Å². The molecule has 1 N–H and O–H groups in total. The molecule has 3 rings (SSSR count). The Bertz CT molecular complexity index is 923. The van der Waals surface area contributed by atoms with Crippen molar-refractivity contribution in [2.45, 2.75) is 25.9 Å². The van der Waals surface area contributed by atoms with Gasteiger partial charge in [-0.2, -0.15) is 5.26 Å². The van der Waals surface area contributed by atoms with E-state index in [0.29, 0.717) is 23.9 Å². The van der Waals surface area contributed by atoms with Crippen LogP contribution in [0.15, 0.2) is 42.3 Å². The summed E-state index contributed by atoms with van der Waals surface area (Å²) in [5.41, 5.74) is 3.98. The minimum Gasteiger partial charge on any atom is -0.489 e. The summed E-state index contributed by atoms with van der Waals surface area (Å²) >= 11 is 1.48. The van der Waals surface area contributed by atoms with Gasteiger partial charge in [-0.1, -0.05) is 6.07 Å². The minimum absolute atomic E-state index is 0.0141. The van der Waals surface area contributed by atoms with Crippen LogP contribution in [0.4, 0.5) is 10.9 Å². The summed E-state index contributed by atoms with van der Waals surface area (Å²) in [5, 5.41) is 13.4. The van der Waals surface area contributed by atoms with E-state index in [1.807, 2.05) is 19.1 Å². The number of nitriles is 1. The lowest BCUT2D eigenvalue weighted by molar-refractivity contribution is 0.160. The molecule has 0 bridgehead atoms. The number of nitrogens with zero attached hydrogens (tertiary/aromatic N) is 4. The van der Waals surface area contributed by atoms with E-state index in [-0.39, 0.29) is 6.10 Å². The van der Waals surface area contributed by atoms with Gasteiger partial charge in [0.05, 0.1) is 23.4 Å². The number of methoxy groups -OCH3 is 1. The Labute approximate surface area is 168 Å². The number of anilines is 2. The normalized spacial score (nSPS) is 11.6. The SMILES string of the molecule is COCCC[C@H](C)Oc1cc(-c2cnc(Nc3cncs3)nc2)ccc1C#N. The molecule has 0 saturated carbocycles. The van der Waals surface area contributed by atoms with Crippen LogP contribution in [-0.4, -0.2) is 34.8 Å². The van der Waals surface area contributed by atoms with Crippen LogP contribution in [0.25, 0.3) is 11.1 Å². The molecule has 8 heteroatoms. The highest BCUT2D eigenvalue weighted by Gasteiger charge is 2.11. The fourth-order valence-electron chi connectivity index (χ4n) is 2.61. The van der Waals surface area contributed by atoms with Crippen LogP contribution in [0.5, 0.6) is 5.75 Å². The van der Waals surface area contributed by atoms with Crippen LogP contribution >= 0.6 is 11.3 Å². The summed E-state index contributed by atoms with van der Waals surface area (Å²) in [4.78, 5) is 12.7. The number of hydrogen-bond donors (Lipinski definition) is 1. The Morgan fingerprint density at radius 1 is 1.21 bits per heavy atom. The third-order valence-electron chi connectivity index (χ3n) is 4.04. The van der Waals surface area contributed by atoms with Crippen molar-refractivity contribution in [3.63, 3.8) is 0 Å².